The molecule has 3 unspecified atom stereocenters. The van der Waals surface area contributed by atoms with Crippen LogP contribution in [0, 0.1) is 0 Å². The maximum Gasteiger partial charge on any atom is 0.189 e. The number of nitrogens with zero attached hydrogens (tertiary/aromatic N) is 2. The maximum absolute atomic E-state index is 10.2. The van der Waals surface area contributed by atoms with Gasteiger partial charge in [0.05, 0.1) is 12.8 Å². The van der Waals surface area contributed by atoms with Gasteiger partial charge in [-0.05, 0) is 26.2 Å². The SMILES string of the molecule is C=CCCCCCCCCCCCCC1N=CC[N+]1(CC)C(C)O. The third kappa shape index (κ3) is 7.06. The molecule has 0 saturated heterocycles. The van der Waals surface area contributed by atoms with Gasteiger partial charge < -0.3 is 5.11 Å². The molecule has 3 nitrogen and oxygen atoms in total. The molecular formula is C21H41N2O+. The van der Waals surface area contributed by atoms with Crippen LogP contribution in [0.3, 0.4) is 0 Å². The number of unbranched alkanes of at least 4 members (excludes halogenated alkanes) is 10. The van der Waals surface area contributed by atoms with E-state index in [9.17, 15) is 5.11 Å². The maximum atomic E-state index is 10.2. The number of aliphatic imine (C=N–C) groups is 1. The summed E-state index contributed by atoms with van der Waals surface area (Å²) in [6.07, 6.45) is 19.9. The van der Waals surface area contributed by atoms with Crippen LogP contribution >= 0.6 is 0 Å². The Hall–Kier alpha value is -0.670. The number of rotatable bonds is 15. The molecule has 0 aromatic rings. The molecule has 0 fully saturated rings. The average Bonchev–Trinajstić information content (AvgIpc) is 3.00. The molecule has 0 aromatic heterocycles. The first-order chi connectivity index (χ1) is 11.7. The van der Waals surface area contributed by atoms with E-state index in [0.717, 1.165) is 24.0 Å². The fourth-order valence-corrected chi connectivity index (χ4v) is 3.94. The van der Waals surface area contributed by atoms with Crippen molar-refractivity contribution in [3.05, 3.63) is 12.7 Å². The van der Waals surface area contributed by atoms with Crippen molar-refractivity contribution in [1.29, 1.82) is 0 Å². The van der Waals surface area contributed by atoms with Crippen molar-refractivity contribution >= 4 is 6.21 Å². The van der Waals surface area contributed by atoms with Gasteiger partial charge >= 0.3 is 0 Å². The minimum absolute atomic E-state index is 0.283. The first-order valence-electron chi connectivity index (χ1n) is 10.3. The predicted molar refractivity (Wildman–Crippen MR) is 105 cm³/mol. The van der Waals surface area contributed by atoms with Crippen molar-refractivity contribution in [3.8, 4) is 0 Å². The Kier molecular flexibility index (Phi) is 11.3. The summed E-state index contributed by atoms with van der Waals surface area (Å²) in [7, 11) is 0. The third-order valence-electron chi connectivity index (χ3n) is 5.75. The van der Waals surface area contributed by atoms with E-state index < -0.39 is 0 Å². The van der Waals surface area contributed by atoms with Crippen LogP contribution in [0.2, 0.25) is 0 Å². The fraction of sp³-hybridized carbons (Fsp3) is 0.857. The minimum Gasteiger partial charge on any atom is -0.345 e. The summed E-state index contributed by atoms with van der Waals surface area (Å²) < 4.78 is 0.742. The number of hydrogen-bond donors (Lipinski definition) is 1. The van der Waals surface area contributed by atoms with Gasteiger partial charge in [0, 0.05) is 13.3 Å². The zero-order valence-corrected chi connectivity index (χ0v) is 16.3. The summed E-state index contributed by atoms with van der Waals surface area (Å²) in [4.78, 5) is 4.65. The molecule has 0 bridgehead atoms. The molecule has 3 heteroatoms. The van der Waals surface area contributed by atoms with E-state index in [0.29, 0.717) is 0 Å². The minimum atomic E-state index is -0.311. The lowest BCUT2D eigenvalue weighted by Gasteiger charge is -2.40. The first kappa shape index (κ1) is 21.4. The average molecular weight is 338 g/mol. The topological polar surface area (TPSA) is 32.6 Å². The zero-order chi connectivity index (χ0) is 17.7. The number of aliphatic hydroxyl groups excluding tert-OH is 1. The third-order valence-corrected chi connectivity index (χ3v) is 5.75. The van der Waals surface area contributed by atoms with Crippen LogP contribution in [-0.4, -0.2) is 41.3 Å². The Morgan fingerprint density at radius 1 is 1.08 bits per heavy atom. The van der Waals surface area contributed by atoms with Crippen molar-refractivity contribution < 1.29 is 9.59 Å². The molecule has 1 rings (SSSR count). The Morgan fingerprint density at radius 3 is 2.12 bits per heavy atom. The van der Waals surface area contributed by atoms with Crippen LogP contribution in [0.1, 0.15) is 90.9 Å². The molecule has 0 saturated carbocycles. The predicted octanol–water partition coefficient (Wildman–Crippen LogP) is 5.44. The van der Waals surface area contributed by atoms with Crippen molar-refractivity contribution in [3.63, 3.8) is 0 Å². The van der Waals surface area contributed by atoms with E-state index in [2.05, 4.69) is 18.5 Å². The highest BCUT2D eigenvalue weighted by Crippen LogP contribution is 2.26. The van der Waals surface area contributed by atoms with Gasteiger partial charge in [-0.3, -0.25) is 4.48 Å². The van der Waals surface area contributed by atoms with E-state index >= 15 is 0 Å². The second kappa shape index (κ2) is 12.7. The molecule has 3 atom stereocenters. The molecule has 1 N–H and O–H groups in total. The Balaban J connectivity index is 1.98. The molecule has 0 aliphatic carbocycles. The summed E-state index contributed by atoms with van der Waals surface area (Å²) in [6, 6.07) is 0. The van der Waals surface area contributed by atoms with Gasteiger partial charge in [-0.15, -0.1) is 6.58 Å². The van der Waals surface area contributed by atoms with Crippen molar-refractivity contribution in [2.45, 2.75) is 103 Å². The first-order valence-corrected chi connectivity index (χ1v) is 10.3. The van der Waals surface area contributed by atoms with Gasteiger partial charge in [-0.2, -0.15) is 0 Å². The molecule has 1 aliphatic rings. The molecule has 140 valence electrons. The van der Waals surface area contributed by atoms with Crippen LogP contribution in [0.15, 0.2) is 17.6 Å². The highest BCUT2D eigenvalue weighted by atomic mass is 16.3. The molecule has 1 aliphatic heterocycles. The van der Waals surface area contributed by atoms with Crippen molar-refractivity contribution in [2.75, 3.05) is 13.1 Å². The monoisotopic (exact) mass is 337 g/mol. The molecule has 0 aromatic carbocycles. The zero-order valence-electron chi connectivity index (χ0n) is 16.3. The lowest BCUT2D eigenvalue weighted by Crippen LogP contribution is -2.57. The van der Waals surface area contributed by atoms with E-state index in [4.69, 9.17) is 0 Å². The van der Waals surface area contributed by atoms with Gasteiger partial charge in [-0.25, -0.2) is 4.99 Å². The summed E-state index contributed by atoms with van der Waals surface area (Å²) in [5.41, 5.74) is 0. The normalized spacial score (nSPS) is 24.4. The van der Waals surface area contributed by atoms with Crippen LogP contribution in [0.4, 0.5) is 0 Å². The molecule has 0 spiro atoms. The smallest absolute Gasteiger partial charge is 0.189 e. The van der Waals surface area contributed by atoms with E-state index in [-0.39, 0.29) is 12.4 Å². The van der Waals surface area contributed by atoms with E-state index in [1.807, 2.05) is 19.2 Å². The van der Waals surface area contributed by atoms with Gasteiger partial charge in [0.2, 0.25) is 0 Å². The van der Waals surface area contributed by atoms with Crippen LogP contribution < -0.4 is 0 Å². The number of hydrogen-bond acceptors (Lipinski definition) is 2. The lowest BCUT2D eigenvalue weighted by molar-refractivity contribution is -0.976. The van der Waals surface area contributed by atoms with Crippen LogP contribution in [0.25, 0.3) is 0 Å². The van der Waals surface area contributed by atoms with Crippen LogP contribution in [-0.2, 0) is 0 Å². The largest absolute Gasteiger partial charge is 0.345 e. The highest BCUT2D eigenvalue weighted by Gasteiger charge is 2.41. The van der Waals surface area contributed by atoms with Crippen LogP contribution in [0.5, 0.6) is 0 Å². The second-order valence-electron chi connectivity index (χ2n) is 7.45. The molecule has 24 heavy (non-hydrogen) atoms. The molecule has 0 amide bonds. The highest BCUT2D eigenvalue weighted by molar-refractivity contribution is 5.60. The number of aliphatic hydroxyl groups is 1. The molecular weight excluding hydrogens is 296 g/mol. The quantitative estimate of drug-likeness (QED) is 0.241. The fourth-order valence-electron chi connectivity index (χ4n) is 3.94. The van der Waals surface area contributed by atoms with Crippen molar-refractivity contribution in [2.24, 2.45) is 4.99 Å². The summed E-state index contributed by atoms with van der Waals surface area (Å²) in [6.45, 7) is 9.72. The van der Waals surface area contributed by atoms with E-state index in [1.54, 1.807) is 0 Å². The standard InChI is InChI=1S/C21H41N2O/c1-4-6-7-8-9-10-11-12-13-14-15-16-17-21-22-18-19-23(21,5-2)20(3)24/h4,18,20-21,24H,1,5-17,19H2,2-3H3/q+1. The second-order valence-corrected chi connectivity index (χ2v) is 7.45. The van der Waals surface area contributed by atoms with Gasteiger partial charge in [0.15, 0.2) is 12.4 Å². The Morgan fingerprint density at radius 2 is 1.62 bits per heavy atom. The van der Waals surface area contributed by atoms with Crippen molar-refractivity contribution in [1.82, 2.24) is 0 Å². The summed E-state index contributed by atoms with van der Waals surface area (Å²) in [5.74, 6) is 0. The Labute approximate surface area is 150 Å². The Bertz CT molecular complexity index is 354. The number of quaternary nitrogens is 1. The molecule has 0 radical (unpaired) electrons. The summed E-state index contributed by atoms with van der Waals surface area (Å²) in [5, 5.41) is 10.2. The molecule has 1 heterocycles. The van der Waals surface area contributed by atoms with Gasteiger partial charge in [-0.1, -0.05) is 57.4 Å². The number of allylic oxidation sites excluding steroid dienone is 1. The lowest BCUT2D eigenvalue weighted by atomic mass is 10.0. The van der Waals surface area contributed by atoms with E-state index in [1.165, 1.54) is 70.6 Å². The van der Waals surface area contributed by atoms with Gasteiger partial charge in [0.1, 0.15) is 6.54 Å². The summed E-state index contributed by atoms with van der Waals surface area (Å²) >= 11 is 0. The van der Waals surface area contributed by atoms with Gasteiger partial charge in [0.25, 0.3) is 0 Å².